The second-order valence-corrected chi connectivity index (χ2v) is 3.51. The first kappa shape index (κ1) is 11.7. The number of nitrogens with zero attached hydrogens (tertiary/aromatic N) is 1. The van der Waals surface area contributed by atoms with Gasteiger partial charge in [-0.05, 0) is 38.3 Å². The predicted molar refractivity (Wildman–Crippen MR) is 64.2 cm³/mol. The summed E-state index contributed by atoms with van der Waals surface area (Å²) in [4.78, 5) is 0. The molecule has 1 aromatic rings. The molecule has 0 aliphatic heterocycles. The Balaban J connectivity index is 2.22. The van der Waals surface area contributed by atoms with Gasteiger partial charge in [0.1, 0.15) is 0 Å². The topological polar surface area (TPSA) is 44.6 Å². The monoisotopic (exact) mass is 206 g/mol. The van der Waals surface area contributed by atoms with E-state index >= 15 is 0 Å². The fourth-order valence-electron chi connectivity index (χ4n) is 1.16. The van der Waals surface area contributed by atoms with Gasteiger partial charge >= 0.3 is 0 Å². The fourth-order valence-corrected chi connectivity index (χ4v) is 1.16. The summed E-state index contributed by atoms with van der Waals surface area (Å²) in [5, 5.41) is 12.7. The Kier molecular flexibility index (Phi) is 5.48. The van der Waals surface area contributed by atoms with Crippen molar-refractivity contribution in [3.05, 3.63) is 29.8 Å². The molecule has 0 atom stereocenters. The minimum absolute atomic E-state index is 0.263. The van der Waals surface area contributed by atoms with Gasteiger partial charge in [0.25, 0.3) is 0 Å². The van der Waals surface area contributed by atoms with Crippen LogP contribution in [0.25, 0.3) is 0 Å². The van der Waals surface area contributed by atoms with Crippen molar-refractivity contribution >= 4 is 11.9 Å². The molecular weight excluding hydrogens is 188 g/mol. The summed E-state index contributed by atoms with van der Waals surface area (Å²) in [6, 6.07) is 8.09. The Labute approximate surface area is 90.8 Å². The van der Waals surface area contributed by atoms with E-state index in [4.69, 9.17) is 5.11 Å². The number of benzene rings is 1. The highest BCUT2D eigenvalue weighted by Crippen LogP contribution is 2.07. The van der Waals surface area contributed by atoms with Crippen molar-refractivity contribution < 1.29 is 5.11 Å². The summed E-state index contributed by atoms with van der Waals surface area (Å²) in [6.07, 6.45) is 4.57. The molecule has 15 heavy (non-hydrogen) atoms. The van der Waals surface area contributed by atoms with Crippen molar-refractivity contribution in [1.82, 2.24) is 0 Å². The molecule has 0 fully saturated rings. The standard InChI is InChI=1S/C12H18N2O/c1-11-5-7-12(8-6-11)14-13-9-3-2-4-10-15/h5-9,14-15H,2-4,10H2,1H3/b13-9+. The van der Waals surface area contributed by atoms with Gasteiger partial charge in [-0.2, -0.15) is 5.10 Å². The number of hydrogen-bond donors (Lipinski definition) is 2. The Hall–Kier alpha value is -1.35. The number of hydrazone groups is 1. The molecule has 0 aliphatic carbocycles. The first-order valence-electron chi connectivity index (χ1n) is 5.28. The van der Waals surface area contributed by atoms with Crippen molar-refractivity contribution in [3.8, 4) is 0 Å². The number of aliphatic hydroxyl groups excluding tert-OH is 1. The van der Waals surface area contributed by atoms with E-state index in [-0.39, 0.29) is 6.61 Å². The highest BCUT2D eigenvalue weighted by molar-refractivity contribution is 5.59. The number of anilines is 1. The van der Waals surface area contributed by atoms with E-state index in [0.29, 0.717) is 0 Å². The van der Waals surface area contributed by atoms with Gasteiger partial charge in [-0.3, -0.25) is 5.43 Å². The maximum absolute atomic E-state index is 8.57. The second-order valence-electron chi connectivity index (χ2n) is 3.51. The highest BCUT2D eigenvalue weighted by Gasteiger charge is 1.87. The molecule has 82 valence electrons. The highest BCUT2D eigenvalue weighted by atomic mass is 16.2. The number of nitrogens with one attached hydrogen (secondary N) is 1. The van der Waals surface area contributed by atoms with E-state index in [0.717, 1.165) is 24.9 Å². The van der Waals surface area contributed by atoms with Gasteiger partial charge in [0.2, 0.25) is 0 Å². The van der Waals surface area contributed by atoms with E-state index < -0.39 is 0 Å². The lowest BCUT2D eigenvalue weighted by Gasteiger charge is -1.99. The Morgan fingerprint density at radius 2 is 2.00 bits per heavy atom. The average Bonchev–Trinajstić information content (AvgIpc) is 2.26. The zero-order chi connectivity index (χ0) is 10.9. The molecule has 3 heteroatoms. The molecule has 2 N–H and O–H groups in total. The lowest BCUT2D eigenvalue weighted by Crippen LogP contribution is -1.90. The summed E-state index contributed by atoms with van der Waals surface area (Å²) >= 11 is 0. The molecular formula is C12H18N2O. The summed E-state index contributed by atoms with van der Waals surface area (Å²) in [6.45, 7) is 2.32. The maximum Gasteiger partial charge on any atom is 0.0561 e. The van der Waals surface area contributed by atoms with Crippen molar-refractivity contribution in [3.63, 3.8) is 0 Å². The van der Waals surface area contributed by atoms with E-state index in [1.807, 2.05) is 30.5 Å². The van der Waals surface area contributed by atoms with Gasteiger partial charge in [-0.15, -0.1) is 0 Å². The number of unbranched alkanes of at least 4 members (excludes halogenated alkanes) is 2. The largest absolute Gasteiger partial charge is 0.396 e. The SMILES string of the molecule is Cc1ccc(N/N=C/CCCCO)cc1. The molecule has 0 saturated carbocycles. The Bertz CT molecular complexity index is 293. The fraction of sp³-hybridized carbons (Fsp3) is 0.417. The molecule has 0 bridgehead atoms. The van der Waals surface area contributed by atoms with Gasteiger partial charge < -0.3 is 5.11 Å². The van der Waals surface area contributed by atoms with Crippen LogP contribution in [0, 0.1) is 6.92 Å². The molecule has 0 amide bonds. The van der Waals surface area contributed by atoms with E-state index in [1.165, 1.54) is 5.56 Å². The Morgan fingerprint density at radius 1 is 1.27 bits per heavy atom. The smallest absolute Gasteiger partial charge is 0.0561 e. The molecule has 0 unspecified atom stereocenters. The van der Waals surface area contributed by atoms with Crippen LogP contribution in [0.1, 0.15) is 24.8 Å². The first-order chi connectivity index (χ1) is 7.33. The molecule has 1 aromatic carbocycles. The zero-order valence-corrected chi connectivity index (χ0v) is 9.11. The first-order valence-corrected chi connectivity index (χ1v) is 5.28. The van der Waals surface area contributed by atoms with Crippen LogP contribution in [0.4, 0.5) is 5.69 Å². The minimum Gasteiger partial charge on any atom is -0.396 e. The van der Waals surface area contributed by atoms with Crippen LogP contribution in [-0.2, 0) is 0 Å². The number of aliphatic hydroxyl groups is 1. The third-order valence-corrected chi connectivity index (χ3v) is 2.08. The molecule has 0 spiro atoms. The van der Waals surface area contributed by atoms with Crippen LogP contribution in [0.3, 0.4) is 0 Å². The van der Waals surface area contributed by atoms with Crippen molar-refractivity contribution in [1.29, 1.82) is 0 Å². The van der Waals surface area contributed by atoms with Crippen LogP contribution >= 0.6 is 0 Å². The number of rotatable bonds is 6. The van der Waals surface area contributed by atoms with E-state index in [9.17, 15) is 0 Å². The number of aryl methyl sites for hydroxylation is 1. The van der Waals surface area contributed by atoms with Crippen LogP contribution in [0.15, 0.2) is 29.4 Å². The Morgan fingerprint density at radius 3 is 2.67 bits per heavy atom. The molecule has 0 radical (unpaired) electrons. The second kappa shape index (κ2) is 7.01. The van der Waals surface area contributed by atoms with Gasteiger partial charge in [0.05, 0.1) is 5.69 Å². The van der Waals surface area contributed by atoms with Crippen LogP contribution in [0.5, 0.6) is 0 Å². The van der Waals surface area contributed by atoms with Crippen molar-refractivity contribution in [2.75, 3.05) is 12.0 Å². The van der Waals surface area contributed by atoms with Crippen LogP contribution in [-0.4, -0.2) is 17.9 Å². The molecule has 0 saturated heterocycles. The lowest BCUT2D eigenvalue weighted by molar-refractivity contribution is 0.286. The summed E-state index contributed by atoms with van der Waals surface area (Å²) in [7, 11) is 0. The van der Waals surface area contributed by atoms with Gasteiger partial charge in [-0.1, -0.05) is 17.7 Å². The molecule has 0 heterocycles. The van der Waals surface area contributed by atoms with Crippen molar-refractivity contribution in [2.45, 2.75) is 26.2 Å². The van der Waals surface area contributed by atoms with Gasteiger partial charge in [-0.25, -0.2) is 0 Å². The van der Waals surface area contributed by atoms with Crippen LogP contribution < -0.4 is 5.43 Å². The molecule has 0 aromatic heterocycles. The molecule has 3 nitrogen and oxygen atoms in total. The molecule has 1 rings (SSSR count). The normalized spacial score (nSPS) is 10.8. The van der Waals surface area contributed by atoms with E-state index in [2.05, 4.69) is 17.5 Å². The quantitative estimate of drug-likeness (QED) is 0.427. The third kappa shape index (κ3) is 5.18. The van der Waals surface area contributed by atoms with E-state index in [1.54, 1.807) is 0 Å². The summed E-state index contributed by atoms with van der Waals surface area (Å²) < 4.78 is 0. The summed E-state index contributed by atoms with van der Waals surface area (Å²) in [5.41, 5.74) is 5.20. The maximum atomic E-state index is 8.57. The number of hydrogen-bond acceptors (Lipinski definition) is 3. The lowest BCUT2D eigenvalue weighted by atomic mass is 10.2. The third-order valence-electron chi connectivity index (χ3n) is 2.08. The predicted octanol–water partition coefficient (Wildman–Crippen LogP) is 2.56. The van der Waals surface area contributed by atoms with Gasteiger partial charge in [0, 0.05) is 12.8 Å². The van der Waals surface area contributed by atoms with Gasteiger partial charge in [0.15, 0.2) is 0 Å². The van der Waals surface area contributed by atoms with Crippen LogP contribution in [0.2, 0.25) is 0 Å². The molecule has 0 aliphatic rings. The zero-order valence-electron chi connectivity index (χ0n) is 9.11. The minimum atomic E-state index is 0.263. The average molecular weight is 206 g/mol. The van der Waals surface area contributed by atoms with Crippen molar-refractivity contribution in [2.24, 2.45) is 5.10 Å². The summed E-state index contributed by atoms with van der Waals surface area (Å²) in [5.74, 6) is 0.